The van der Waals surface area contributed by atoms with E-state index in [4.69, 9.17) is 4.74 Å². The first-order valence-electron chi connectivity index (χ1n) is 11.4. The lowest BCUT2D eigenvalue weighted by molar-refractivity contribution is -0.152. The molecule has 1 amide bonds. The van der Waals surface area contributed by atoms with Gasteiger partial charge in [-0.15, -0.1) is 0 Å². The van der Waals surface area contributed by atoms with Crippen molar-refractivity contribution in [2.45, 2.75) is 83.0 Å². The first-order valence-corrected chi connectivity index (χ1v) is 11.4. The molecule has 1 heterocycles. The van der Waals surface area contributed by atoms with E-state index in [9.17, 15) is 19.5 Å². The van der Waals surface area contributed by atoms with Crippen molar-refractivity contribution in [3.05, 3.63) is 35.9 Å². The number of likely N-dealkylation sites (tertiary alicyclic amines) is 1. The molecule has 0 bridgehead atoms. The highest BCUT2D eigenvalue weighted by molar-refractivity contribution is 5.88. The summed E-state index contributed by atoms with van der Waals surface area (Å²) in [5, 5.41) is 12.9. The summed E-state index contributed by atoms with van der Waals surface area (Å²) in [6, 6.07) is 7.75. The minimum Gasteiger partial charge on any atom is -0.480 e. The average Bonchev–Trinajstić information content (AvgIpc) is 3.16. The van der Waals surface area contributed by atoms with Crippen LogP contribution in [-0.2, 0) is 25.5 Å². The second kappa shape index (κ2) is 10.8. The van der Waals surface area contributed by atoms with Crippen molar-refractivity contribution in [2.24, 2.45) is 5.92 Å². The van der Waals surface area contributed by atoms with Crippen LogP contribution < -0.4 is 5.32 Å². The van der Waals surface area contributed by atoms with Crippen LogP contribution in [0.3, 0.4) is 0 Å². The highest BCUT2D eigenvalue weighted by atomic mass is 16.5. The predicted molar refractivity (Wildman–Crippen MR) is 116 cm³/mol. The molecular weight excluding hydrogens is 396 g/mol. The van der Waals surface area contributed by atoms with Gasteiger partial charge < -0.3 is 14.7 Å². The van der Waals surface area contributed by atoms with Crippen LogP contribution in [0.4, 0.5) is 0 Å². The van der Waals surface area contributed by atoms with Crippen molar-refractivity contribution >= 4 is 17.8 Å². The number of hydrogen-bond acceptors (Lipinski definition) is 5. The zero-order valence-corrected chi connectivity index (χ0v) is 18.5. The third-order valence-corrected chi connectivity index (χ3v) is 6.58. The first kappa shape index (κ1) is 23.3. The predicted octanol–water partition coefficient (Wildman–Crippen LogP) is 2.77. The number of aryl methyl sites for hydroxylation is 1. The van der Waals surface area contributed by atoms with Crippen LogP contribution in [0.25, 0.3) is 0 Å². The van der Waals surface area contributed by atoms with Crippen LogP contribution in [-0.4, -0.2) is 58.6 Å². The molecule has 1 aromatic rings. The number of carboxylic acids is 1. The van der Waals surface area contributed by atoms with Gasteiger partial charge in [0.05, 0.1) is 12.6 Å². The fourth-order valence-corrected chi connectivity index (χ4v) is 5.06. The SMILES string of the molecule is CCOC(=O)[C@H](CCc1ccccc1)N[C@@H](C)C(=O)N1C(C(=O)O)C[C@H]2CCCC[C@@H]21. The van der Waals surface area contributed by atoms with E-state index in [0.717, 1.165) is 31.2 Å². The summed E-state index contributed by atoms with van der Waals surface area (Å²) < 4.78 is 5.22. The van der Waals surface area contributed by atoms with Crippen molar-refractivity contribution in [3.8, 4) is 0 Å². The smallest absolute Gasteiger partial charge is 0.326 e. The molecule has 0 aromatic heterocycles. The molecule has 1 unspecified atom stereocenters. The number of rotatable bonds is 9. The van der Waals surface area contributed by atoms with E-state index in [1.807, 2.05) is 30.3 Å². The molecule has 7 nitrogen and oxygen atoms in total. The third-order valence-electron chi connectivity index (χ3n) is 6.58. The minimum absolute atomic E-state index is 0.0167. The van der Waals surface area contributed by atoms with Gasteiger partial charge >= 0.3 is 11.9 Å². The Bertz CT molecular complexity index is 768. The molecule has 7 heteroatoms. The molecule has 1 aliphatic carbocycles. The lowest BCUT2D eigenvalue weighted by Gasteiger charge is -2.35. The monoisotopic (exact) mass is 430 g/mol. The summed E-state index contributed by atoms with van der Waals surface area (Å²) in [6.07, 6.45) is 5.62. The molecule has 1 aromatic carbocycles. The average molecular weight is 431 g/mol. The van der Waals surface area contributed by atoms with Gasteiger partial charge in [0.25, 0.3) is 0 Å². The normalized spacial score (nSPS) is 24.8. The number of aliphatic carboxylic acids is 1. The number of carbonyl (C=O) groups is 3. The molecule has 170 valence electrons. The Labute approximate surface area is 184 Å². The maximum Gasteiger partial charge on any atom is 0.326 e. The summed E-state index contributed by atoms with van der Waals surface area (Å²) >= 11 is 0. The van der Waals surface area contributed by atoms with Crippen LogP contribution in [0.2, 0.25) is 0 Å². The Kier molecular flexibility index (Phi) is 8.07. The Morgan fingerprint density at radius 1 is 1.19 bits per heavy atom. The lowest BCUT2D eigenvalue weighted by atomic mass is 9.84. The number of ether oxygens (including phenoxy) is 1. The van der Waals surface area contributed by atoms with Crippen LogP contribution >= 0.6 is 0 Å². The number of carbonyl (C=O) groups excluding carboxylic acids is 2. The Morgan fingerprint density at radius 2 is 1.90 bits per heavy atom. The molecule has 1 aliphatic heterocycles. The van der Waals surface area contributed by atoms with Gasteiger partial charge in [0, 0.05) is 6.04 Å². The van der Waals surface area contributed by atoms with Crippen molar-refractivity contribution in [1.29, 1.82) is 0 Å². The van der Waals surface area contributed by atoms with Gasteiger partial charge in [-0.2, -0.15) is 0 Å². The zero-order chi connectivity index (χ0) is 22.4. The largest absolute Gasteiger partial charge is 0.480 e. The van der Waals surface area contributed by atoms with Crippen molar-refractivity contribution < 1.29 is 24.2 Å². The molecule has 3 rings (SSSR count). The van der Waals surface area contributed by atoms with E-state index in [-0.39, 0.29) is 30.4 Å². The summed E-state index contributed by atoms with van der Waals surface area (Å²) in [5.74, 6) is -1.31. The second-order valence-corrected chi connectivity index (χ2v) is 8.66. The fourth-order valence-electron chi connectivity index (χ4n) is 5.06. The highest BCUT2D eigenvalue weighted by Crippen LogP contribution is 2.40. The summed E-state index contributed by atoms with van der Waals surface area (Å²) in [6.45, 7) is 3.74. The summed E-state index contributed by atoms with van der Waals surface area (Å²) in [4.78, 5) is 39.3. The van der Waals surface area contributed by atoms with Gasteiger partial charge in [-0.3, -0.25) is 14.9 Å². The molecule has 31 heavy (non-hydrogen) atoms. The number of nitrogens with zero attached hydrogens (tertiary/aromatic N) is 1. The molecule has 2 N–H and O–H groups in total. The topological polar surface area (TPSA) is 95.9 Å². The number of carboxylic acid groups (broad SMARTS) is 1. The van der Waals surface area contributed by atoms with Gasteiger partial charge in [0.2, 0.25) is 5.91 Å². The molecular formula is C24H34N2O5. The molecule has 0 spiro atoms. The van der Waals surface area contributed by atoms with Crippen LogP contribution in [0.5, 0.6) is 0 Å². The van der Waals surface area contributed by atoms with E-state index in [1.54, 1.807) is 18.7 Å². The lowest BCUT2D eigenvalue weighted by Crippen LogP contribution is -2.55. The van der Waals surface area contributed by atoms with Gasteiger partial charge in [0.15, 0.2) is 0 Å². The highest BCUT2D eigenvalue weighted by Gasteiger charge is 2.48. The van der Waals surface area contributed by atoms with E-state index in [2.05, 4.69) is 5.32 Å². The van der Waals surface area contributed by atoms with Gasteiger partial charge in [0.1, 0.15) is 12.1 Å². The standard InChI is InChI=1S/C24H34N2O5/c1-3-31-24(30)19(14-13-17-9-5-4-6-10-17)25-16(2)22(27)26-20-12-8-7-11-18(20)15-21(26)23(28)29/h4-6,9-10,16,18-21,25H,3,7-8,11-15H2,1-2H3,(H,28,29)/t16-,18+,19-,20-,21?/m0/s1. The quantitative estimate of drug-likeness (QED) is 0.585. The molecule has 5 atom stereocenters. The van der Waals surface area contributed by atoms with E-state index >= 15 is 0 Å². The summed E-state index contributed by atoms with van der Waals surface area (Å²) in [7, 11) is 0. The number of hydrogen-bond donors (Lipinski definition) is 2. The first-order chi connectivity index (χ1) is 14.9. The number of fused-ring (bicyclic) bond motifs is 1. The van der Waals surface area contributed by atoms with Crippen molar-refractivity contribution in [3.63, 3.8) is 0 Å². The van der Waals surface area contributed by atoms with E-state index in [0.29, 0.717) is 19.3 Å². The van der Waals surface area contributed by atoms with E-state index in [1.165, 1.54) is 0 Å². The van der Waals surface area contributed by atoms with Gasteiger partial charge in [-0.1, -0.05) is 43.2 Å². The molecule has 0 radical (unpaired) electrons. The Balaban J connectivity index is 1.70. The van der Waals surface area contributed by atoms with Gasteiger partial charge in [-0.25, -0.2) is 4.79 Å². The van der Waals surface area contributed by atoms with Crippen LogP contribution in [0.15, 0.2) is 30.3 Å². The Hall–Kier alpha value is -2.41. The summed E-state index contributed by atoms with van der Waals surface area (Å²) in [5.41, 5.74) is 1.10. The van der Waals surface area contributed by atoms with Crippen molar-refractivity contribution in [2.75, 3.05) is 6.61 Å². The molecule has 1 saturated carbocycles. The fraction of sp³-hybridized carbons (Fsp3) is 0.625. The van der Waals surface area contributed by atoms with Gasteiger partial charge in [-0.05, 0) is 57.4 Å². The zero-order valence-electron chi connectivity index (χ0n) is 18.5. The Morgan fingerprint density at radius 3 is 2.58 bits per heavy atom. The number of amides is 1. The molecule has 2 aliphatic rings. The third kappa shape index (κ3) is 5.64. The molecule has 1 saturated heterocycles. The maximum atomic E-state index is 13.4. The van der Waals surface area contributed by atoms with Crippen molar-refractivity contribution in [1.82, 2.24) is 10.2 Å². The van der Waals surface area contributed by atoms with Crippen LogP contribution in [0.1, 0.15) is 57.9 Å². The molecule has 2 fully saturated rings. The number of esters is 1. The van der Waals surface area contributed by atoms with E-state index < -0.39 is 24.1 Å². The van der Waals surface area contributed by atoms with Crippen LogP contribution in [0, 0.1) is 5.92 Å². The number of nitrogens with one attached hydrogen (secondary N) is 1. The maximum absolute atomic E-state index is 13.4. The number of benzene rings is 1. The minimum atomic E-state index is -0.944. The second-order valence-electron chi connectivity index (χ2n) is 8.66.